The van der Waals surface area contributed by atoms with Crippen molar-refractivity contribution in [1.29, 1.82) is 0 Å². The fraction of sp³-hybridized carbons (Fsp3) is 0.933. The first-order valence-electron chi connectivity index (χ1n) is 7.57. The van der Waals surface area contributed by atoms with Gasteiger partial charge in [-0.3, -0.25) is 4.79 Å². The summed E-state index contributed by atoms with van der Waals surface area (Å²) in [7, 11) is 0. The highest BCUT2D eigenvalue weighted by atomic mass is 127. The largest absolute Gasteiger partial charge is 0.394 e. The highest BCUT2D eigenvalue weighted by Crippen LogP contribution is 2.42. The van der Waals surface area contributed by atoms with Crippen molar-refractivity contribution in [2.75, 3.05) is 0 Å². The summed E-state index contributed by atoms with van der Waals surface area (Å²) in [5, 5.41) is 0. The van der Waals surface area contributed by atoms with E-state index in [2.05, 4.69) is 6.92 Å². The zero-order chi connectivity index (χ0) is 13.0. The molecule has 3 heteroatoms. The van der Waals surface area contributed by atoms with Crippen LogP contribution in [0.5, 0.6) is 0 Å². The molecule has 0 bridgehead atoms. The molecule has 0 spiro atoms. The summed E-state index contributed by atoms with van der Waals surface area (Å²) in [5.74, 6) is 3.02. The van der Waals surface area contributed by atoms with Crippen molar-refractivity contribution in [2.24, 2.45) is 23.7 Å². The third-order valence-electron chi connectivity index (χ3n) is 5.32. The van der Waals surface area contributed by atoms with Gasteiger partial charge in [0, 0.05) is 0 Å². The van der Waals surface area contributed by atoms with Crippen LogP contribution in [-0.2, 0) is 7.86 Å². The SMILES string of the molecule is CCC1CCC(C2CCC(C(=O)OI)CC2)CC1. The molecule has 2 aliphatic carbocycles. The lowest BCUT2D eigenvalue weighted by molar-refractivity contribution is -0.137. The monoisotopic (exact) mass is 364 g/mol. The second-order valence-corrected chi connectivity index (χ2v) is 6.64. The fourth-order valence-electron chi connectivity index (χ4n) is 3.96. The van der Waals surface area contributed by atoms with Gasteiger partial charge in [-0.15, -0.1) is 0 Å². The van der Waals surface area contributed by atoms with Gasteiger partial charge in [-0.05, 0) is 56.3 Å². The normalized spacial score (nSPS) is 37.2. The first kappa shape index (κ1) is 14.6. The standard InChI is InChI=1S/C15H25IO2/c1-2-11-3-5-12(6-4-11)13-7-9-14(10-8-13)15(17)18-16/h11-14H,2-10H2,1H3. The number of hydrogen-bond donors (Lipinski definition) is 0. The van der Waals surface area contributed by atoms with Gasteiger partial charge in [-0.1, -0.05) is 26.2 Å². The predicted molar refractivity (Wildman–Crippen MR) is 81.3 cm³/mol. The Balaban J connectivity index is 1.75. The van der Waals surface area contributed by atoms with Crippen molar-refractivity contribution in [2.45, 2.75) is 64.7 Å². The molecule has 18 heavy (non-hydrogen) atoms. The van der Waals surface area contributed by atoms with Gasteiger partial charge in [0.15, 0.2) is 23.0 Å². The molecule has 0 radical (unpaired) electrons. The molecule has 0 aliphatic heterocycles. The lowest BCUT2D eigenvalue weighted by Crippen LogP contribution is -2.28. The van der Waals surface area contributed by atoms with Gasteiger partial charge in [0.25, 0.3) is 0 Å². The molecule has 0 saturated heterocycles. The quantitative estimate of drug-likeness (QED) is 0.666. The molecule has 2 rings (SSSR count). The van der Waals surface area contributed by atoms with Crippen molar-refractivity contribution in [1.82, 2.24) is 0 Å². The Morgan fingerprint density at radius 3 is 1.94 bits per heavy atom. The van der Waals surface area contributed by atoms with Crippen molar-refractivity contribution in [3.05, 3.63) is 0 Å². The molecule has 0 N–H and O–H groups in total. The molecule has 0 aromatic heterocycles. The summed E-state index contributed by atoms with van der Waals surface area (Å²) in [4.78, 5) is 11.5. The van der Waals surface area contributed by atoms with E-state index >= 15 is 0 Å². The summed E-state index contributed by atoms with van der Waals surface area (Å²) >= 11 is 1.72. The topological polar surface area (TPSA) is 26.3 Å². The maximum atomic E-state index is 11.5. The van der Waals surface area contributed by atoms with Gasteiger partial charge in [0.05, 0.1) is 5.92 Å². The van der Waals surface area contributed by atoms with Crippen LogP contribution in [0, 0.1) is 23.7 Å². The van der Waals surface area contributed by atoms with Crippen LogP contribution < -0.4 is 0 Å². The van der Waals surface area contributed by atoms with Crippen LogP contribution >= 0.6 is 23.0 Å². The molecule has 2 aliphatic rings. The molecule has 2 nitrogen and oxygen atoms in total. The van der Waals surface area contributed by atoms with Crippen molar-refractivity contribution >= 4 is 29.0 Å². The van der Waals surface area contributed by atoms with Crippen LogP contribution in [0.4, 0.5) is 0 Å². The Morgan fingerprint density at radius 1 is 1.00 bits per heavy atom. The van der Waals surface area contributed by atoms with Gasteiger partial charge in [-0.25, -0.2) is 0 Å². The summed E-state index contributed by atoms with van der Waals surface area (Å²) in [6.45, 7) is 2.33. The summed E-state index contributed by atoms with van der Waals surface area (Å²) in [6, 6.07) is 0. The smallest absolute Gasteiger partial charge is 0.318 e. The van der Waals surface area contributed by atoms with Crippen LogP contribution in [0.25, 0.3) is 0 Å². The third kappa shape index (κ3) is 3.61. The van der Waals surface area contributed by atoms with E-state index in [9.17, 15) is 4.79 Å². The Kier molecular flexibility index (Phi) is 5.77. The lowest BCUT2D eigenvalue weighted by atomic mass is 9.69. The summed E-state index contributed by atoms with van der Waals surface area (Å²) < 4.78 is 4.83. The van der Waals surface area contributed by atoms with Crippen LogP contribution in [0.15, 0.2) is 0 Å². The van der Waals surface area contributed by atoms with Crippen LogP contribution in [0.2, 0.25) is 0 Å². The Bertz CT molecular complexity index is 264. The van der Waals surface area contributed by atoms with Gasteiger partial charge in [0.1, 0.15) is 0 Å². The van der Waals surface area contributed by atoms with E-state index < -0.39 is 0 Å². The molecular weight excluding hydrogens is 339 g/mol. The molecule has 104 valence electrons. The maximum Gasteiger partial charge on any atom is 0.318 e. The average molecular weight is 364 g/mol. The van der Waals surface area contributed by atoms with E-state index in [4.69, 9.17) is 3.07 Å². The van der Waals surface area contributed by atoms with E-state index in [1.54, 1.807) is 23.0 Å². The van der Waals surface area contributed by atoms with Crippen molar-refractivity contribution < 1.29 is 7.86 Å². The van der Waals surface area contributed by atoms with E-state index in [0.29, 0.717) is 0 Å². The molecule has 0 heterocycles. The van der Waals surface area contributed by atoms with Crippen LogP contribution in [-0.4, -0.2) is 5.97 Å². The van der Waals surface area contributed by atoms with Gasteiger partial charge in [-0.2, -0.15) is 0 Å². The fourth-order valence-corrected chi connectivity index (χ4v) is 4.32. The highest BCUT2D eigenvalue weighted by Gasteiger charge is 2.32. The predicted octanol–water partition coefficient (Wildman–Crippen LogP) is 4.90. The zero-order valence-electron chi connectivity index (χ0n) is 11.4. The van der Waals surface area contributed by atoms with Gasteiger partial charge >= 0.3 is 5.97 Å². The molecule has 2 saturated carbocycles. The van der Waals surface area contributed by atoms with Crippen molar-refractivity contribution in [3.63, 3.8) is 0 Å². The number of halogens is 1. The van der Waals surface area contributed by atoms with Crippen LogP contribution in [0.3, 0.4) is 0 Å². The first-order valence-corrected chi connectivity index (χ1v) is 8.45. The van der Waals surface area contributed by atoms with Gasteiger partial charge < -0.3 is 3.07 Å². The summed E-state index contributed by atoms with van der Waals surface area (Å²) in [6.07, 6.45) is 11.7. The highest BCUT2D eigenvalue weighted by molar-refractivity contribution is 14.1. The Labute approximate surface area is 125 Å². The minimum absolute atomic E-state index is 0.00346. The minimum atomic E-state index is 0.00346. The average Bonchev–Trinajstić information content (AvgIpc) is 2.47. The van der Waals surface area contributed by atoms with Crippen molar-refractivity contribution in [3.8, 4) is 0 Å². The number of carbonyl (C=O) groups excluding carboxylic acids is 1. The van der Waals surface area contributed by atoms with E-state index in [1.165, 1.54) is 44.9 Å². The Morgan fingerprint density at radius 2 is 1.50 bits per heavy atom. The van der Waals surface area contributed by atoms with E-state index in [1.807, 2.05) is 0 Å². The van der Waals surface area contributed by atoms with E-state index in [0.717, 1.165) is 30.6 Å². The molecule has 2 fully saturated rings. The molecule has 0 atom stereocenters. The van der Waals surface area contributed by atoms with E-state index in [-0.39, 0.29) is 11.9 Å². The summed E-state index contributed by atoms with van der Waals surface area (Å²) in [5.41, 5.74) is 0. The number of hydrogen-bond acceptors (Lipinski definition) is 2. The molecule has 0 aromatic carbocycles. The second kappa shape index (κ2) is 7.11. The molecule has 0 aromatic rings. The Hall–Kier alpha value is 0.200. The number of rotatable bonds is 3. The lowest BCUT2D eigenvalue weighted by Gasteiger charge is -2.37. The molecule has 0 unspecified atom stereocenters. The molecular formula is C15H25IO2. The second-order valence-electron chi connectivity index (χ2n) is 6.20. The van der Waals surface area contributed by atoms with Crippen LogP contribution in [0.1, 0.15) is 64.7 Å². The zero-order valence-corrected chi connectivity index (χ0v) is 13.5. The molecule has 0 amide bonds. The minimum Gasteiger partial charge on any atom is -0.394 e. The first-order chi connectivity index (χ1) is 8.74. The number of carbonyl (C=O) groups is 1. The maximum absolute atomic E-state index is 11.5. The third-order valence-corrected chi connectivity index (χ3v) is 5.75. The van der Waals surface area contributed by atoms with Gasteiger partial charge in [0.2, 0.25) is 0 Å².